The van der Waals surface area contributed by atoms with Crippen LogP contribution in [0.25, 0.3) is 21.6 Å². The average Bonchev–Trinajstić information content (AvgIpc) is 3.18. The zero-order valence-corrected chi connectivity index (χ0v) is 18.0. The summed E-state index contributed by atoms with van der Waals surface area (Å²) in [4.78, 5) is 16.4. The van der Waals surface area contributed by atoms with E-state index in [0.29, 0.717) is 18.8 Å². The molecule has 7 heteroatoms. The number of hydrogen-bond acceptors (Lipinski definition) is 7. The first kappa shape index (κ1) is 19.9. The van der Waals surface area contributed by atoms with Gasteiger partial charge in [0.2, 0.25) is 0 Å². The molecule has 1 aliphatic carbocycles. The number of nitrogens with zero attached hydrogens (tertiary/aromatic N) is 3. The van der Waals surface area contributed by atoms with Crippen LogP contribution in [0.2, 0.25) is 0 Å². The molecule has 0 radical (unpaired) electrons. The van der Waals surface area contributed by atoms with Gasteiger partial charge in [0, 0.05) is 35.4 Å². The first-order valence-electron chi connectivity index (χ1n) is 10.7. The Morgan fingerprint density at radius 3 is 2.71 bits per heavy atom. The lowest BCUT2D eigenvalue weighted by Crippen LogP contribution is -2.31. The lowest BCUT2D eigenvalue weighted by Gasteiger charge is -2.16. The van der Waals surface area contributed by atoms with E-state index in [2.05, 4.69) is 10.3 Å². The number of aryl methyl sites for hydroxylation is 2. The molecule has 0 saturated carbocycles. The minimum Gasteiger partial charge on any atom is -0.508 e. The third kappa shape index (κ3) is 4.11. The van der Waals surface area contributed by atoms with E-state index in [1.165, 1.54) is 23.3 Å². The Bertz CT molecular complexity index is 1210. The molecule has 0 aliphatic heterocycles. The number of nitrogens with one attached hydrogen (secondary N) is 1. The number of benzene rings is 1. The SMILES string of the molecule is NC(CNc1nc(-c2ccncc2)nc2sc3c(c12)CCCC3)Cc1ccccc1O. The lowest BCUT2D eigenvalue weighted by atomic mass is 9.97. The number of aromatic hydroxyl groups is 1. The van der Waals surface area contributed by atoms with Gasteiger partial charge < -0.3 is 16.2 Å². The number of phenols is 1. The fourth-order valence-electron chi connectivity index (χ4n) is 4.18. The van der Waals surface area contributed by atoms with E-state index < -0.39 is 0 Å². The number of aromatic nitrogens is 3. The maximum absolute atomic E-state index is 10.1. The number of rotatable bonds is 6. The molecule has 4 N–H and O–H groups in total. The van der Waals surface area contributed by atoms with Crippen LogP contribution in [0.4, 0.5) is 5.82 Å². The summed E-state index contributed by atoms with van der Waals surface area (Å²) in [6.45, 7) is 0.556. The standard InChI is InChI=1S/C24H25N5OS/c25-17(13-16-5-1-3-7-19(16)30)14-27-23-21-18-6-2-4-8-20(18)31-24(21)29-22(28-23)15-9-11-26-12-10-15/h1,3,5,7,9-12,17,30H,2,4,6,8,13-14,25H2,(H,27,28,29). The summed E-state index contributed by atoms with van der Waals surface area (Å²) in [6.07, 6.45) is 8.75. The van der Waals surface area contributed by atoms with Crippen molar-refractivity contribution >= 4 is 27.4 Å². The van der Waals surface area contributed by atoms with Crippen LogP contribution in [0, 0.1) is 0 Å². The molecule has 0 saturated heterocycles. The van der Waals surface area contributed by atoms with Gasteiger partial charge in [-0.15, -0.1) is 11.3 Å². The van der Waals surface area contributed by atoms with Crippen molar-refractivity contribution in [3.05, 3.63) is 64.8 Å². The van der Waals surface area contributed by atoms with Gasteiger partial charge in [0.05, 0.1) is 5.39 Å². The van der Waals surface area contributed by atoms with Crippen molar-refractivity contribution < 1.29 is 5.11 Å². The minimum atomic E-state index is -0.155. The van der Waals surface area contributed by atoms with Crippen molar-refractivity contribution in [2.45, 2.75) is 38.1 Å². The Morgan fingerprint density at radius 1 is 1.06 bits per heavy atom. The van der Waals surface area contributed by atoms with E-state index in [0.717, 1.165) is 40.0 Å². The summed E-state index contributed by atoms with van der Waals surface area (Å²) >= 11 is 1.79. The maximum Gasteiger partial charge on any atom is 0.163 e. The van der Waals surface area contributed by atoms with Gasteiger partial charge in [-0.3, -0.25) is 4.98 Å². The predicted molar refractivity (Wildman–Crippen MR) is 126 cm³/mol. The lowest BCUT2D eigenvalue weighted by molar-refractivity contribution is 0.465. The number of anilines is 1. The molecule has 4 aromatic rings. The molecule has 1 atom stereocenters. The quantitative estimate of drug-likeness (QED) is 0.421. The number of thiophene rings is 1. The second-order valence-electron chi connectivity index (χ2n) is 8.00. The number of para-hydroxylation sites is 1. The first-order chi connectivity index (χ1) is 15.2. The van der Waals surface area contributed by atoms with E-state index in [9.17, 15) is 5.11 Å². The molecule has 0 amide bonds. The molecule has 158 valence electrons. The summed E-state index contributed by atoms with van der Waals surface area (Å²) < 4.78 is 0. The van der Waals surface area contributed by atoms with Gasteiger partial charge in [-0.05, 0) is 61.4 Å². The van der Waals surface area contributed by atoms with Crippen LogP contribution >= 0.6 is 11.3 Å². The highest BCUT2D eigenvalue weighted by atomic mass is 32.1. The number of hydrogen-bond donors (Lipinski definition) is 3. The molecule has 5 rings (SSSR count). The fraction of sp³-hybridized carbons (Fsp3) is 0.292. The van der Waals surface area contributed by atoms with Gasteiger partial charge in [0.15, 0.2) is 5.82 Å². The summed E-state index contributed by atoms with van der Waals surface area (Å²) in [5, 5.41) is 14.7. The highest BCUT2D eigenvalue weighted by molar-refractivity contribution is 7.19. The largest absolute Gasteiger partial charge is 0.508 e. The van der Waals surface area contributed by atoms with Crippen molar-refractivity contribution in [3.63, 3.8) is 0 Å². The monoisotopic (exact) mass is 431 g/mol. The molecular weight excluding hydrogens is 406 g/mol. The molecule has 6 nitrogen and oxygen atoms in total. The van der Waals surface area contributed by atoms with Gasteiger partial charge in [-0.25, -0.2) is 9.97 Å². The van der Waals surface area contributed by atoms with Crippen molar-refractivity contribution in [2.75, 3.05) is 11.9 Å². The molecule has 0 spiro atoms. The highest BCUT2D eigenvalue weighted by Gasteiger charge is 2.22. The zero-order chi connectivity index (χ0) is 21.2. The number of pyridine rings is 1. The van der Waals surface area contributed by atoms with Gasteiger partial charge in [0.25, 0.3) is 0 Å². The normalized spacial score (nSPS) is 14.4. The maximum atomic E-state index is 10.1. The number of nitrogens with two attached hydrogens (primary N) is 1. The summed E-state index contributed by atoms with van der Waals surface area (Å²) in [5.74, 6) is 1.84. The zero-order valence-electron chi connectivity index (χ0n) is 17.2. The van der Waals surface area contributed by atoms with E-state index in [1.807, 2.05) is 30.3 Å². The smallest absolute Gasteiger partial charge is 0.163 e. The Hall–Kier alpha value is -3.03. The molecule has 1 aromatic carbocycles. The van der Waals surface area contributed by atoms with Crippen molar-refractivity contribution in [2.24, 2.45) is 5.73 Å². The summed E-state index contributed by atoms with van der Waals surface area (Å²) in [5.41, 5.74) is 9.60. The van der Waals surface area contributed by atoms with Crippen molar-refractivity contribution in [3.8, 4) is 17.1 Å². The Kier molecular flexibility index (Phi) is 5.53. The molecular formula is C24H25N5OS. The van der Waals surface area contributed by atoms with Gasteiger partial charge >= 0.3 is 0 Å². The van der Waals surface area contributed by atoms with Crippen LogP contribution in [0.5, 0.6) is 5.75 Å². The minimum absolute atomic E-state index is 0.155. The second-order valence-corrected chi connectivity index (χ2v) is 9.08. The van der Waals surface area contributed by atoms with Crippen LogP contribution < -0.4 is 11.1 Å². The Labute approximate surface area is 185 Å². The Morgan fingerprint density at radius 2 is 1.87 bits per heavy atom. The van der Waals surface area contributed by atoms with Crippen LogP contribution in [0.3, 0.4) is 0 Å². The molecule has 3 heterocycles. The van der Waals surface area contributed by atoms with E-state index in [4.69, 9.17) is 15.7 Å². The first-order valence-corrected chi connectivity index (χ1v) is 11.5. The number of phenolic OH excluding ortho intramolecular Hbond substituents is 1. The fourth-order valence-corrected chi connectivity index (χ4v) is 5.44. The molecule has 0 bridgehead atoms. The van der Waals surface area contributed by atoms with Crippen molar-refractivity contribution in [1.29, 1.82) is 0 Å². The molecule has 0 fully saturated rings. The van der Waals surface area contributed by atoms with E-state index in [1.54, 1.807) is 29.8 Å². The van der Waals surface area contributed by atoms with Gasteiger partial charge in [-0.1, -0.05) is 18.2 Å². The van der Waals surface area contributed by atoms with Crippen LogP contribution in [-0.2, 0) is 19.3 Å². The van der Waals surface area contributed by atoms with Crippen LogP contribution in [-0.4, -0.2) is 32.6 Å². The van der Waals surface area contributed by atoms with Crippen molar-refractivity contribution in [1.82, 2.24) is 15.0 Å². The number of fused-ring (bicyclic) bond motifs is 3. The van der Waals surface area contributed by atoms with Crippen LogP contribution in [0.15, 0.2) is 48.8 Å². The molecule has 1 aliphatic rings. The predicted octanol–water partition coefficient (Wildman–Crippen LogP) is 4.32. The second kappa shape index (κ2) is 8.61. The average molecular weight is 432 g/mol. The van der Waals surface area contributed by atoms with Gasteiger partial charge in [-0.2, -0.15) is 0 Å². The molecule has 31 heavy (non-hydrogen) atoms. The third-order valence-electron chi connectivity index (χ3n) is 5.76. The highest BCUT2D eigenvalue weighted by Crippen LogP contribution is 2.39. The van der Waals surface area contributed by atoms with E-state index in [-0.39, 0.29) is 11.8 Å². The van der Waals surface area contributed by atoms with Crippen LogP contribution in [0.1, 0.15) is 28.8 Å². The van der Waals surface area contributed by atoms with Gasteiger partial charge in [0.1, 0.15) is 16.4 Å². The topological polar surface area (TPSA) is 97.0 Å². The molecule has 3 aromatic heterocycles. The third-order valence-corrected chi connectivity index (χ3v) is 6.94. The Balaban J connectivity index is 1.47. The summed E-state index contributed by atoms with van der Waals surface area (Å²) in [6, 6.07) is 11.1. The van der Waals surface area contributed by atoms with E-state index >= 15 is 0 Å². The summed E-state index contributed by atoms with van der Waals surface area (Å²) in [7, 11) is 0. The molecule has 1 unspecified atom stereocenters.